The van der Waals surface area contributed by atoms with E-state index >= 15 is 0 Å². The minimum Gasteiger partial charge on any atom is -0.493 e. The van der Waals surface area contributed by atoms with Crippen molar-refractivity contribution < 1.29 is 4.74 Å². The van der Waals surface area contributed by atoms with E-state index < -0.39 is 0 Å². The Morgan fingerprint density at radius 3 is 1.65 bits per heavy atom. The third-order valence-corrected chi connectivity index (χ3v) is 7.52. The summed E-state index contributed by atoms with van der Waals surface area (Å²) in [6.07, 6.45) is 21.7. The van der Waals surface area contributed by atoms with Gasteiger partial charge >= 0.3 is 0 Å². The molecule has 2 aromatic carbocycles. The first-order valence-electron chi connectivity index (χ1n) is 15.7. The summed E-state index contributed by atoms with van der Waals surface area (Å²) in [5.41, 5.74) is 1.04. The van der Waals surface area contributed by atoms with Crippen LogP contribution in [-0.2, 0) is 0 Å². The van der Waals surface area contributed by atoms with Crippen LogP contribution < -0.4 is 4.74 Å². The second kappa shape index (κ2) is 20.0. The van der Waals surface area contributed by atoms with Gasteiger partial charge in [0.25, 0.3) is 0 Å². The molecule has 0 amide bonds. The van der Waals surface area contributed by atoms with E-state index in [1.54, 1.807) is 0 Å². The number of amidine groups is 1. The van der Waals surface area contributed by atoms with Crippen molar-refractivity contribution in [2.45, 2.75) is 130 Å². The van der Waals surface area contributed by atoms with Crippen molar-refractivity contribution in [1.82, 2.24) is 4.90 Å². The molecule has 0 aliphatic carbocycles. The second-order valence-electron chi connectivity index (χ2n) is 10.8. The van der Waals surface area contributed by atoms with Gasteiger partial charge in [-0.15, -0.1) is 0 Å². The quantitative estimate of drug-likeness (QED) is 0.0975. The second-order valence-corrected chi connectivity index (χ2v) is 10.8. The third kappa shape index (κ3) is 11.9. The van der Waals surface area contributed by atoms with Gasteiger partial charge in [0.05, 0.1) is 6.61 Å². The lowest BCUT2D eigenvalue weighted by molar-refractivity contribution is 0.308. The molecule has 2 rings (SSSR count). The zero-order chi connectivity index (χ0) is 26.6. The molecule has 0 atom stereocenters. The van der Waals surface area contributed by atoms with Crippen molar-refractivity contribution in [3.05, 3.63) is 42.0 Å². The molecule has 0 saturated heterocycles. The molecule has 3 heteroatoms. The summed E-state index contributed by atoms with van der Waals surface area (Å²) in [5.74, 6) is 1.64. The van der Waals surface area contributed by atoms with Gasteiger partial charge in [-0.25, -0.2) is 0 Å². The molecule has 3 nitrogen and oxygen atoms in total. The number of rotatable bonds is 22. The molecular weight excluding hydrogens is 452 g/mol. The van der Waals surface area contributed by atoms with E-state index in [-0.39, 0.29) is 0 Å². The highest BCUT2D eigenvalue weighted by atomic mass is 16.5. The smallest absolute Gasteiger partial charge is 0.128 e. The number of nitrogens with zero attached hydrogens (tertiary/aromatic N) is 1. The highest BCUT2D eigenvalue weighted by Crippen LogP contribution is 2.30. The molecule has 0 unspecified atom stereocenters. The normalized spacial score (nSPS) is 11.2. The Morgan fingerprint density at radius 2 is 1.08 bits per heavy atom. The first-order valence-corrected chi connectivity index (χ1v) is 15.7. The lowest BCUT2D eigenvalue weighted by Gasteiger charge is -2.26. The summed E-state index contributed by atoms with van der Waals surface area (Å²) in [6.45, 7) is 9.56. The maximum Gasteiger partial charge on any atom is 0.128 e. The Morgan fingerprint density at radius 1 is 0.595 bits per heavy atom. The molecule has 37 heavy (non-hydrogen) atoms. The molecule has 0 aliphatic heterocycles. The number of hydrogen-bond donors (Lipinski definition) is 1. The average Bonchev–Trinajstić information content (AvgIpc) is 2.92. The fourth-order valence-electron chi connectivity index (χ4n) is 5.16. The molecule has 2 aromatic rings. The molecule has 0 spiro atoms. The van der Waals surface area contributed by atoms with Crippen molar-refractivity contribution in [1.29, 1.82) is 5.41 Å². The van der Waals surface area contributed by atoms with Crippen LogP contribution >= 0.6 is 0 Å². The summed E-state index contributed by atoms with van der Waals surface area (Å²) in [5, 5.41) is 11.5. The van der Waals surface area contributed by atoms with Gasteiger partial charge in [-0.05, 0) is 36.8 Å². The minimum absolute atomic E-state index is 0.685. The van der Waals surface area contributed by atoms with Crippen molar-refractivity contribution in [3.8, 4) is 5.75 Å². The summed E-state index contributed by atoms with van der Waals surface area (Å²) >= 11 is 0. The van der Waals surface area contributed by atoms with Gasteiger partial charge in [0.2, 0.25) is 0 Å². The standard InChI is InChI=1S/C34H56N2O/c1-4-7-10-13-15-20-27-36(28-21-16-14-11-8-5-2)34(35)32-25-26-33(31-24-19-18-23-30(31)32)37-29-22-17-12-9-6-3/h18-19,23-26,35H,4-17,20-22,27-29H2,1-3H3. The molecule has 0 bridgehead atoms. The van der Waals surface area contributed by atoms with Crippen LogP contribution in [0.5, 0.6) is 5.75 Å². The Kier molecular flexibility index (Phi) is 16.9. The van der Waals surface area contributed by atoms with Gasteiger partial charge in [-0.3, -0.25) is 5.41 Å². The highest BCUT2D eigenvalue weighted by Gasteiger charge is 2.16. The van der Waals surface area contributed by atoms with E-state index in [2.05, 4.69) is 62.1 Å². The fraction of sp³-hybridized carbons (Fsp3) is 0.676. The molecule has 1 N–H and O–H groups in total. The SMILES string of the molecule is CCCCCCCCN(CCCCCCCC)C(=N)c1ccc(OCCCCCCC)c2ccccc12. The van der Waals surface area contributed by atoms with Gasteiger partial charge in [-0.2, -0.15) is 0 Å². The van der Waals surface area contributed by atoms with E-state index in [0.29, 0.717) is 5.84 Å². The predicted molar refractivity (Wildman–Crippen MR) is 163 cm³/mol. The van der Waals surface area contributed by atoms with Crippen LogP contribution in [0.15, 0.2) is 36.4 Å². The Hall–Kier alpha value is -2.03. The van der Waals surface area contributed by atoms with E-state index in [1.165, 1.54) is 103 Å². The number of nitrogens with one attached hydrogen (secondary N) is 1. The number of unbranched alkanes of at least 4 members (excludes halogenated alkanes) is 14. The first kappa shape index (κ1) is 31.2. The zero-order valence-corrected chi connectivity index (χ0v) is 24.5. The number of ether oxygens (including phenoxy) is 1. The van der Waals surface area contributed by atoms with Gasteiger partial charge in [0.15, 0.2) is 0 Å². The van der Waals surface area contributed by atoms with Crippen LogP contribution in [0.2, 0.25) is 0 Å². The maximum absolute atomic E-state index is 9.25. The van der Waals surface area contributed by atoms with E-state index in [0.717, 1.165) is 48.2 Å². The van der Waals surface area contributed by atoms with Crippen LogP contribution in [0.3, 0.4) is 0 Å². The molecule has 208 valence electrons. The Labute approximate surface area is 228 Å². The lowest BCUT2D eigenvalue weighted by Crippen LogP contribution is -2.33. The lowest BCUT2D eigenvalue weighted by atomic mass is 10.0. The van der Waals surface area contributed by atoms with Crippen LogP contribution in [-0.4, -0.2) is 30.4 Å². The summed E-state index contributed by atoms with van der Waals surface area (Å²) in [4.78, 5) is 2.36. The van der Waals surface area contributed by atoms with Crippen LogP contribution in [0.25, 0.3) is 10.8 Å². The van der Waals surface area contributed by atoms with Crippen molar-refractivity contribution in [2.24, 2.45) is 0 Å². The molecule has 0 aliphatic rings. The molecule has 0 heterocycles. The molecule has 0 fully saturated rings. The van der Waals surface area contributed by atoms with E-state index in [9.17, 15) is 5.41 Å². The van der Waals surface area contributed by atoms with Crippen molar-refractivity contribution in [3.63, 3.8) is 0 Å². The van der Waals surface area contributed by atoms with E-state index in [4.69, 9.17) is 4.74 Å². The van der Waals surface area contributed by atoms with Gasteiger partial charge < -0.3 is 9.64 Å². The van der Waals surface area contributed by atoms with Crippen LogP contribution in [0, 0.1) is 5.41 Å². The van der Waals surface area contributed by atoms with E-state index in [1.807, 2.05) is 0 Å². The topological polar surface area (TPSA) is 36.3 Å². The van der Waals surface area contributed by atoms with Gasteiger partial charge in [-0.1, -0.05) is 135 Å². The highest BCUT2D eigenvalue weighted by molar-refractivity contribution is 6.09. The summed E-state index contributed by atoms with van der Waals surface area (Å²) in [7, 11) is 0. The van der Waals surface area contributed by atoms with Gasteiger partial charge in [0, 0.05) is 24.0 Å². The van der Waals surface area contributed by atoms with Crippen LogP contribution in [0.4, 0.5) is 0 Å². The monoisotopic (exact) mass is 508 g/mol. The summed E-state index contributed by atoms with van der Waals surface area (Å²) in [6, 6.07) is 12.7. The Balaban J connectivity index is 2.06. The van der Waals surface area contributed by atoms with Crippen molar-refractivity contribution in [2.75, 3.05) is 19.7 Å². The molecule has 0 aromatic heterocycles. The first-order chi connectivity index (χ1) is 18.2. The number of fused-ring (bicyclic) bond motifs is 1. The fourth-order valence-corrected chi connectivity index (χ4v) is 5.16. The minimum atomic E-state index is 0.685. The molecule has 0 radical (unpaired) electrons. The van der Waals surface area contributed by atoms with Crippen molar-refractivity contribution >= 4 is 16.6 Å². The average molecular weight is 509 g/mol. The maximum atomic E-state index is 9.25. The zero-order valence-electron chi connectivity index (χ0n) is 24.5. The third-order valence-electron chi connectivity index (χ3n) is 7.52. The number of benzene rings is 2. The summed E-state index contributed by atoms with van der Waals surface area (Å²) < 4.78 is 6.23. The van der Waals surface area contributed by atoms with Gasteiger partial charge in [0.1, 0.15) is 11.6 Å². The largest absolute Gasteiger partial charge is 0.493 e. The molecular formula is C34H56N2O. The molecule has 0 saturated carbocycles. The predicted octanol–water partition coefficient (Wildman–Crippen LogP) is 10.5. The Bertz CT molecular complexity index is 846. The van der Waals surface area contributed by atoms with Crippen LogP contribution in [0.1, 0.15) is 135 Å². The number of hydrogen-bond acceptors (Lipinski definition) is 2.